The van der Waals surface area contributed by atoms with Gasteiger partial charge in [0.15, 0.2) is 11.5 Å². The van der Waals surface area contributed by atoms with Gasteiger partial charge in [-0.1, -0.05) is 0 Å². The van der Waals surface area contributed by atoms with Crippen LogP contribution in [0.2, 0.25) is 0 Å². The second kappa shape index (κ2) is 4.77. The number of nitrogens with two attached hydrogens (primary N) is 1. The lowest BCUT2D eigenvalue weighted by atomic mass is 10.3. The van der Waals surface area contributed by atoms with E-state index in [4.69, 9.17) is 5.73 Å². The fraction of sp³-hybridized carbons (Fsp3) is 0.0833. The molecule has 0 saturated heterocycles. The minimum absolute atomic E-state index is 0.235. The van der Waals surface area contributed by atoms with Crippen molar-refractivity contribution >= 4 is 34.1 Å². The second-order valence-electron chi connectivity index (χ2n) is 4.60. The van der Waals surface area contributed by atoms with E-state index in [2.05, 4.69) is 29.7 Å². The van der Waals surface area contributed by atoms with E-state index >= 15 is 0 Å². The van der Waals surface area contributed by atoms with Crippen LogP contribution >= 0.6 is 11.5 Å². The first-order valence-corrected chi connectivity index (χ1v) is 7.15. The first-order valence-electron chi connectivity index (χ1n) is 6.38. The highest BCUT2D eigenvalue weighted by Gasteiger charge is 2.12. The molecule has 0 bridgehead atoms. The summed E-state index contributed by atoms with van der Waals surface area (Å²) in [6.45, 7) is 0. The van der Waals surface area contributed by atoms with E-state index in [0.29, 0.717) is 16.6 Å². The molecule has 0 aliphatic heterocycles. The van der Waals surface area contributed by atoms with Gasteiger partial charge in [-0.2, -0.15) is 14.5 Å². The Hall–Kier alpha value is -3.01. The van der Waals surface area contributed by atoms with Crippen molar-refractivity contribution in [2.45, 2.75) is 0 Å². The van der Waals surface area contributed by atoms with Gasteiger partial charge in [0.05, 0.1) is 18.1 Å². The van der Waals surface area contributed by atoms with Crippen LogP contribution < -0.4 is 11.1 Å². The van der Waals surface area contributed by atoms with Crippen molar-refractivity contribution in [1.82, 2.24) is 33.5 Å². The molecule has 0 aliphatic carbocycles. The van der Waals surface area contributed by atoms with Crippen LogP contribution in [0.5, 0.6) is 0 Å². The zero-order chi connectivity index (χ0) is 15.1. The lowest BCUT2D eigenvalue weighted by Gasteiger charge is -2.04. The quantitative estimate of drug-likeness (QED) is 0.586. The molecule has 4 aromatic rings. The molecule has 0 radical (unpaired) electrons. The maximum absolute atomic E-state index is 5.53. The van der Waals surface area contributed by atoms with Crippen LogP contribution in [-0.4, -0.2) is 33.5 Å². The van der Waals surface area contributed by atoms with Gasteiger partial charge in [0.25, 0.3) is 0 Å². The van der Waals surface area contributed by atoms with Crippen LogP contribution in [0, 0.1) is 0 Å². The molecule has 0 fully saturated rings. The van der Waals surface area contributed by atoms with Gasteiger partial charge >= 0.3 is 0 Å². The summed E-state index contributed by atoms with van der Waals surface area (Å²) in [5, 5.41) is 7.85. The normalized spacial score (nSPS) is 11.1. The molecule has 4 rings (SSSR count). The monoisotopic (exact) mass is 313 g/mol. The van der Waals surface area contributed by atoms with E-state index in [1.54, 1.807) is 23.3 Å². The summed E-state index contributed by atoms with van der Waals surface area (Å²) in [4.78, 5) is 12.8. The van der Waals surface area contributed by atoms with Crippen LogP contribution in [0.3, 0.4) is 0 Å². The number of rotatable bonds is 3. The number of fused-ring (bicyclic) bond motifs is 1. The first kappa shape index (κ1) is 12.7. The fourth-order valence-corrected chi connectivity index (χ4v) is 2.66. The summed E-state index contributed by atoms with van der Waals surface area (Å²) in [5.41, 5.74) is 8.13. The molecular formula is C12H11N9S. The highest BCUT2D eigenvalue weighted by atomic mass is 32.1. The molecule has 4 aromatic heterocycles. The van der Waals surface area contributed by atoms with Crippen LogP contribution in [-0.2, 0) is 7.05 Å². The summed E-state index contributed by atoms with van der Waals surface area (Å²) >= 11 is 1.17. The highest BCUT2D eigenvalue weighted by Crippen LogP contribution is 2.25. The lowest BCUT2D eigenvalue weighted by Crippen LogP contribution is -1.98. The van der Waals surface area contributed by atoms with Gasteiger partial charge in [-0.25, -0.2) is 9.97 Å². The number of nitrogens with one attached hydrogen (secondary N) is 1. The first-order chi connectivity index (χ1) is 10.7. The average Bonchev–Trinajstić information content (AvgIpc) is 3.19. The molecule has 9 nitrogen and oxygen atoms in total. The van der Waals surface area contributed by atoms with Crippen LogP contribution in [0.25, 0.3) is 16.9 Å². The molecular weight excluding hydrogens is 302 g/mol. The predicted octanol–water partition coefficient (Wildman–Crippen LogP) is 1.31. The zero-order valence-corrected chi connectivity index (χ0v) is 12.3. The molecule has 10 heteroatoms. The zero-order valence-electron chi connectivity index (χ0n) is 11.5. The third kappa shape index (κ3) is 2.05. The third-order valence-electron chi connectivity index (χ3n) is 3.10. The number of aryl methyl sites for hydroxylation is 1. The van der Waals surface area contributed by atoms with Crippen LogP contribution in [0.15, 0.2) is 31.0 Å². The smallest absolute Gasteiger partial charge is 0.233 e. The highest BCUT2D eigenvalue weighted by molar-refractivity contribution is 7.10. The molecule has 0 amide bonds. The standard InChI is InChI=1S/C12H11N9S/c1-20-6-7(4-16-20)8-5-15-10-9(14-2-3-21(8)10)17-12-18-11(13)19-22-12/h2-6H,1H3,(H3,13,14,17,18,19). The number of nitrogen functional groups attached to an aromatic ring is 1. The van der Waals surface area contributed by atoms with Crippen molar-refractivity contribution in [3.8, 4) is 11.3 Å². The van der Waals surface area contributed by atoms with Crippen LogP contribution in [0.4, 0.5) is 16.9 Å². The minimum atomic E-state index is 0.235. The number of nitrogens with zero attached hydrogens (tertiary/aromatic N) is 7. The van der Waals surface area contributed by atoms with Gasteiger partial charge in [0, 0.05) is 42.7 Å². The largest absolute Gasteiger partial charge is 0.367 e. The summed E-state index contributed by atoms with van der Waals surface area (Å²) in [5.74, 6) is 0.827. The van der Waals surface area contributed by atoms with Crippen LogP contribution in [0.1, 0.15) is 0 Å². The Balaban J connectivity index is 1.79. The van der Waals surface area contributed by atoms with Crippen molar-refractivity contribution in [3.05, 3.63) is 31.0 Å². The second-order valence-corrected chi connectivity index (χ2v) is 5.35. The summed E-state index contributed by atoms with van der Waals surface area (Å²) in [6, 6.07) is 0. The van der Waals surface area contributed by atoms with E-state index in [1.807, 2.05) is 23.8 Å². The number of aromatic nitrogens is 7. The molecule has 0 saturated carbocycles. The van der Waals surface area contributed by atoms with Crippen molar-refractivity contribution in [2.24, 2.45) is 7.05 Å². The molecule has 0 unspecified atom stereocenters. The summed E-state index contributed by atoms with van der Waals surface area (Å²) in [7, 11) is 1.88. The van der Waals surface area contributed by atoms with Crippen molar-refractivity contribution < 1.29 is 0 Å². The Labute approximate surface area is 128 Å². The van der Waals surface area contributed by atoms with E-state index < -0.39 is 0 Å². The Kier molecular flexibility index (Phi) is 2.76. The van der Waals surface area contributed by atoms with Gasteiger partial charge in [0.2, 0.25) is 11.1 Å². The number of hydrogen-bond acceptors (Lipinski definition) is 8. The third-order valence-corrected chi connectivity index (χ3v) is 3.74. The molecule has 0 aliphatic rings. The van der Waals surface area contributed by atoms with E-state index in [-0.39, 0.29) is 5.95 Å². The number of hydrogen-bond donors (Lipinski definition) is 2. The lowest BCUT2D eigenvalue weighted by molar-refractivity contribution is 0.768. The molecule has 3 N–H and O–H groups in total. The molecule has 0 aromatic carbocycles. The topological polar surface area (TPSA) is 112 Å². The van der Waals surface area contributed by atoms with E-state index in [0.717, 1.165) is 11.3 Å². The van der Waals surface area contributed by atoms with E-state index in [9.17, 15) is 0 Å². The Morgan fingerprint density at radius 2 is 2.18 bits per heavy atom. The maximum atomic E-state index is 5.53. The molecule has 110 valence electrons. The molecule has 0 spiro atoms. The minimum Gasteiger partial charge on any atom is -0.367 e. The maximum Gasteiger partial charge on any atom is 0.233 e. The number of anilines is 3. The number of imidazole rings is 1. The van der Waals surface area contributed by atoms with Crippen molar-refractivity contribution in [3.63, 3.8) is 0 Å². The molecule has 22 heavy (non-hydrogen) atoms. The van der Waals surface area contributed by atoms with Crippen molar-refractivity contribution in [1.29, 1.82) is 0 Å². The van der Waals surface area contributed by atoms with Gasteiger partial charge in [-0.15, -0.1) is 0 Å². The molecule has 0 atom stereocenters. The summed E-state index contributed by atoms with van der Waals surface area (Å²) < 4.78 is 7.62. The van der Waals surface area contributed by atoms with Gasteiger partial charge in [-0.3, -0.25) is 9.08 Å². The van der Waals surface area contributed by atoms with E-state index in [1.165, 1.54) is 11.5 Å². The predicted molar refractivity (Wildman–Crippen MR) is 82.8 cm³/mol. The van der Waals surface area contributed by atoms with Gasteiger partial charge in [-0.05, 0) is 0 Å². The van der Waals surface area contributed by atoms with Crippen molar-refractivity contribution in [2.75, 3.05) is 11.1 Å². The van der Waals surface area contributed by atoms with Gasteiger partial charge in [0.1, 0.15) is 0 Å². The Morgan fingerprint density at radius 1 is 1.27 bits per heavy atom. The molecule has 4 heterocycles. The van der Waals surface area contributed by atoms with Gasteiger partial charge < -0.3 is 11.1 Å². The fourth-order valence-electron chi connectivity index (χ4n) is 2.16. The summed E-state index contributed by atoms with van der Waals surface area (Å²) in [6.07, 6.45) is 9.06. The Bertz CT molecular complexity index is 950. The average molecular weight is 313 g/mol. The SMILES string of the molecule is Cn1cc(-c2cnc3c(Nc4nc(N)ns4)nccn23)cn1. The Morgan fingerprint density at radius 3 is 2.91 bits per heavy atom.